The number of nitrogens with zero attached hydrogens (tertiary/aromatic N) is 2. The molecule has 0 bridgehead atoms. The van der Waals surface area contributed by atoms with Gasteiger partial charge in [0.25, 0.3) is 0 Å². The van der Waals surface area contributed by atoms with E-state index in [4.69, 9.17) is 0 Å². The van der Waals surface area contributed by atoms with E-state index in [0.29, 0.717) is 6.04 Å². The summed E-state index contributed by atoms with van der Waals surface area (Å²) >= 11 is 1.60. The quantitative estimate of drug-likeness (QED) is 0.784. The minimum atomic E-state index is -0.123. The molecule has 1 aliphatic heterocycles. The van der Waals surface area contributed by atoms with Crippen LogP contribution >= 0.6 is 11.8 Å². The molecule has 0 atom stereocenters. The lowest BCUT2D eigenvalue weighted by atomic mass is 10.2. The highest BCUT2D eigenvalue weighted by atomic mass is 32.2. The lowest BCUT2D eigenvalue weighted by molar-refractivity contribution is 0.104. The third-order valence-electron chi connectivity index (χ3n) is 3.71. The van der Waals surface area contributed by atoms with E-state index in [2.05, 4.69) is 29.7 Å². The van der Waals surface area contributed by atoms with E-state index >= 15 is 0 Å². The van der Waals surface area contributed by atoms with Gasteiger partial charge in [0.05, 0.1) is 0 Å². The fraction of sp³-hybridized carbons (Fsp3) is 0.600. The molecule has 2 nitrogen and oxygen atoms in total. The van der Waals surface area contributed by atoms with E-state index in [0.717, 1.165) is 43.2 Å². The molecule has 1 aliphatic rings. The summed E-state index contributed by atoms with van der Waals surface area (Å²) < 4.78 is 13.5. The Morgan fingerprint density at radius 2 is 1.84 bits per heavy atom. The summed E-state index contributed by atoms with van der Waals surface area (Å²) in [6.45, 7) is 9.72. The first kappa shape index (κ1) is 14.8. The third kappa shape index (κ3) is 4.20. The molecule has 0 aromatic heterocycles. The minimum Gasteiger partial charge on any atom is -0.298 e. The lowest BCUT2D eigenvalue weighted by Gasteiger charge is -2.37. The zero-order valence-electron chi connectivity index (χ0n) is 12.0. The minimum absolute atomic E-state index is 0.123. The highest BCUT2D eigenvalue weighted by Gasteiger charge is 2.18. The first-order chi connectivity index (χ1) is 9.08. The standard InChI is InChI=1S/C15H23FN2S/c1-12(2)18-6-4-17(5-7-18)11-13-8-14(16)10-15(9-13)19-3/h8-10,12H,4-7,11H2,1-3H3. The Kier molecular flexibility index (Phi) is 5.25. The van der Waals surface area contributed by atoms with Crippen molar-refractivity contribution in [3.63, 3.8) is 0 Å². The summed E-state index contributed by atoms with van der Waals surface area (Å²) in [5, 5.41) is 0. The van der Waals surface area contributed by atoms with E-state index in [1.165, 1.54) is 0 Å². The average molecular weight is 282 g/mol. The first-order valence-electron chi connectivity index (χ1n) is 6.88. The topological polar surface area (TPSA) is 6.48 Å². The third-order valence-corrected chi connectivity index (χ3v) is 4.42. The van der Waals surface area contributed by atoms with Crippen molar-refractivity contribution in [2.45, 2.75) is 31.3 Å². The number of piperazine rings is 1. The average Bonchev–Trinajstić information content (AvgIpc) is 2.38. The van der Waals surface area contributed by atoms with Crippen LogP contribution in [0.5, 0.6) is 0 Å². The number of hydrogen-bond donors (Lipinski definition) is 0. The molecule has 1 heterocycles. The molecule has 1 fully saturated rings. The second-order valence-corrected chi connectivity index (χ2v) is 6.28. The summed E-state index contributed by atoms with van der Waals surface area (Å²) in [6, 6.07) is 5.99. The lowest BCUT2D eigenvalue weighted by Crippen LogP contribution is -2.48. The van der Waals surface area contributed by atoms with Gasteiger partial charge in [-0.2, -0.15) is 0 Å². The SMILES string of the molecule is CSc1cc(F)cc(CN2CCN(C(C)C)CC2)c1. The fourth-order valence-corrected chi connectivity index (χ4v) is 3.03. The van der Waals surface area contributed by atoms with E-state index in [9.17, 15) is 4.39 Å². The van der Waals surface area contributed by atoms with Crippen LogP contribution in [0.1, 0.15) is 19.4 Å². The summed E-state index contributed by atoms with van der Waals surface area (Å²) in [5.41, 5.74) is 1.09. The van der Waals surface area contributed by atoms with Crippen LogP contribution in [0, 0.1) is 5.82 Å². The van der Waals surface area contributed by atoms with Crippen molar-refractivity contribution in [3.8, 4) is 0 Å². The summed E-state index contributed by atoms with van der Waals surface area (Å²) in [6.07, 6.45) is 1.99. The van der Waals surface area contributed by atoms with Crippen LogP contribution in [0.15, 0.2) is 23.1 Å². The maximum atomic E-state index is 13.5. The van der Waals surface area contributed by atoms with Gasteiger partial charge in [-0.25, -0.2) is 4.39 Å². The van der Waals surface area contributed by atoms with Crippen LogP contribution in [-0.4, -0.2) is 48.3 Å². The van der Waals surface area contributed by atoms with Gasteiger partial charge < -0.3 is 0 Å². The van der Waals surface area contributed by atoms with E-state index in [1.807, 2.05) is 6.26 Å². The molecule has 106 valence electrons. The molecule has 0 N–H and O–H groups in total. The first-order valence-corrected chi connectivity index (χ1v) is 8.11. The van der Waals surface area contributed by atoms with Crippen molar-refractivity contribution >= 4 is 11.8 Å². The van der Waals surface area contributed by atoms with Gasteiger partial charge in [0, 0.05) is 43.7 Å². The predicted molar refractivity (Wildman–Crippen MR) is 80.2 cm³/mol. The molecular weight excluding hydrogens is 259 g/mol. The largest absolute Gasteiger partial charge is 0.298 e. The smallest absolute Gasteiger partial charge is 0.124 e. The molecule has 0 saturated carbocycles. The fourth-order valence-electron chi connectivity index (χ4n) is 2.53. The van der Waals surface area contributed by atoms with Crippen LogP contribution in [0.3, 0.4) is 0 Å². The number of benzene rings is 1. The van der Waals surface area contributed by atoms with Crippen molar-refractivity contribution in [3.05, 3.63) is 29.6 Å². The summed E-state index contributed by atoms with van der Waals surface area (Å²) in [5.74, 6) is -0.123. The van der Waals surface area contributed by atoms with Gasteiger partial charge in [0.1, 0.15) is 5.82 Å². The zero-order chi connectivity index (χ0) is 13.8. The Bertz CT molecular complexity index is 415. The number of halogens is 1. The monoisotopic (exact) mass is 282 g/mol. The predicted octanol–water partition coefficient (Wildman–Crippen LogP) is 3.07. The molecule has 2 rings (SSSR count). The van der Waals surface area contributed by atoms with Crippen molar-refractivity contribution in [1.29, 1.82) is 0 Å². The number of thioether (sulfide) groups is 1. The Labute approximate surface area is 120 Å². The molecule has 0 unspecified atom stereocenters. The maximum absolute atomic E-state index is 13.5. The Morgan fingerprint density at radius 3 is 2.42 bits per heavy atom. The Hall–Kier alpha value is -0.580. The maximum Gasteiger partial charge on any atom is 0.124 e. The molecule has 0 spiro atoms. The molecule has 1 aromatic rings. The van der Waals surface area contributed by atoms with Gasteiger partial charge in [-0.05, 0) is 43.9 Å². The van der Waals surface area contributed by atoms with Gasteiger partial charge in [-0.3, -0.25) is 9.80 Å². The molecule has 19 heavy (non-hydrogen) atoms. The molecular formula is C15H23FN2S. The van der Waals surface area contributed by atoms with Gasteiger partial charge in [-0.15, -0.1) is 11.8 Å². The normalized spacial score (nSPS) is 18.2. The molecule has 4 heteroatoms. The highest BCUT2D eigenvalue weighted by molar-refractivity contribution is 7.98. The van der Waals surface area contributed by atoms with E-state index in [-0.39, 0.29) is 5.82 Å². The molecule has 1 aromatic carbocycles. The van der Waals surface area contributed by atoms with Gasteiger partial charge >= 0.3 is 0 Å². The van der Waals surface area contributed by atoms with Crippen LogP contribution in [0.4, 0.5) is 4.39 Å². The van der Waals surface area contributed by atoms with Crippen LogP contribution in [0.25, 0.3) is 0 Å². The molecule has 0 amide bonds. The van der Waals surface area contributed by atoms with Crippen molar-refractivity contribution in [2.24, 2.45) is 0 Å². The van der Waals surface area contributed by atoms with Gasteiger partial charge in [0.2, 0.25) is 0 Å². The Balaban J connectivity index is 1.93. The van der Waals surface area contributed by atoms with Gasteiger partial charge in [-0.1, -0.05) is 0 Å². The number of hydrogen-bond acceptors (Lipinski definition) is 3. The molecule has 0 radical (unpaired) electrons. The van der Waals surface area contributed by atoms with Crippen molar-refractivity contribution in [2.75, 3.05) is 32.4 Å². The number of rotatable bonds is 4. The zero-order valence-corrected chi connectivity index (χ0v) is 12.8. The van der Waals surface area contributed by atoms with Crippen molar-refractivity contribution < 1.29 is 4.39 Å². The van der Waals surface area contributed by atoms with Crippen LogP contribution in [0.2, 0.25) is 0 Å². The van der Waals surface area contributed by atoms with Crippen LogP contribution < -0.4 is 0 Å². The second kappa shape index (κ2) is 6.73. The van der Waals surface area contributed by atoms with E-state index in [1.54, 1.807) is 23.9 Å². The van der Waals surface area contributed by atoms with E-state index < -0.39 is 0 Å². The second-order valence-electron chi connectivity index (χ2n) is 5.41. The summed E-state index contributed by atoms with van der Waals surface area (Å²) in [7, 11) is 0. The van der Waals surface area contributed by atoms with Crippen LogP contribution in [-0.2, 0) is 6.54 Å². The highest BCUT2D eigenvalue weighted by Crippen LogP contribution is 2.20. The summed E-state index contributed by atoms with van der Waals surface area (Å²) in [4.78, 5) is 5.92. The Morgan fingerprint density at radius 1 is 1.16 bits per heavy atom. The van der Waals surface area contributed by atoms with Gasteiger partial charge in [0.15, 0.2) is 0 Å². The molecule has 0 aliphatic carbocycles. The molecule has 1 saturated heterocycles. The van der Waals surface area contributed by atoms with Crippen molar-refractivity contribution in [1.82, 2.24) is 9.80 Å².